The van der Waals surface area contributed by atoms with Crippen molar-refractivity contribution in [3.05, 3.63) is 108 Å². The molecule has 1 aromatic heterocycles. The summed E-state index contributed by atoms with van der Waals surface area (Å²) < 4.78 is 129. The van der Waals surface area contributed by atoms with Crippen LogP contribution in [0.15, 0.2) is 120 Å². The second-order valence-corrected chi connectivity index (χ2v) is 19.0. The van der Waals surface area contributed by atoms with E-state index in [9.17, 15) is 67.7 Å². The van der Waals surface area contributed by atoms with Crippen LogP contribution in [0.25, 0.3) is 0 Å². The maximum atomic E-state index is 13.0. The van der Waals surface area contributed by atoms with Crippen molar-refractivity contribution in [3.8, 4) is 5.75 Å². The second kappa shape index (κ2) is 27.0. The van der Waals surface area contributed by atoms with Crippen LogP contribution >= 0.6 is 11.6 Å². The molecule has 0 bridgehead atoms. The molecule has 35 heteroatoms. The molecule has 26 nitrogen and oxygen atoms in total. The first-order valence-corrected chi connectivity index (χ1v) is 23.7. The van der Waals surface area contributed by atoms with E-state index in [1.54, 1.807) is 6.07 Å². The maximum absolute atomic E-state index is 13.0. The van der Waals surface area contributed by atoms with Gasteiger partial charge in [-0.15, -0.1) is 17.7 Å². The van der Waals surface area contributed by atoms with Crippen LogP contribution in [-0.4, -0.2) is 108 Å². The Morgan fingerprint density at radius 2 is 1.36 bits per heavy atom. The Hall–Kier alpha value is -3.25. The molecule has 5 rings (SSSR count). The molecule has 0 unspecified atom stereocenters. The topological polar surface area (TPSA) is 405 Å². The number of rotatable bonds is 20. The SMILES string of the molecule is O=C(O)CCN(c1cccc(S(=O)(=O)CCOS(=O)(=O)O)c1)c1nc(Cl)nc(Nc2cc(S(=O)(=O)O)cc(N=N[C-](N=Nc3cc(S(=O)(=O)O)ccc3C(=O)O)c3ccccc3)c2O)n1.[Cu].[H+].[H+].[Na+].[Na+].[Na+]. The summed E-state index contributed by atoms with van der Waals surface area (Å²) in [5.74, 6) is -5.69. The molecular formula is C34H31ClCuN9Na3O17S4+4. The van der Waals surface area contributed by atoms with E-state index in [4.69, 9.17) is 16.2 Å². The Morgan fingerprint density at radius 1 is 0.754 bits per heavy atom. The number of halogens is 1. The minimum atomic E-state index is -5.10. The third kappa shape index (κ3) is 18.7. The maximum Gasteiger partial charge on any atom is 1.00 e. The number of sulfone groups is 1. The Balaban J connectivity index is 0. The molecule has 0 aliphatic heterocycles. The normalized spacial score (nSPS) is 11.7. The molecule has 0 fully saturated rings. The van der Waals surface area contributed by atoms with Gasteiger partial charge in [0.05, 0.1) is 50.9 Å². The van der Waals surface area contributed by atoms with Gasteiger partial charge in [-0.25, -0.2) is 17.4 Å². The summed E-state index contributed by atoms with van der Waals surface area (Å²) in [6.45, 7) is -1.40. The number of hydrogen-bond acceptors (Lipinski definition) is 21. The van der Waals surface area contributed by atoms with Crippen molar-refractivity contribution in [1.82, 2.24) is 15.0 Å². The minimum absolute atomic E-state index is 0. The number of aromatic hydroxyl groups is 1. The second-order valence-electron chi connectivity index (χ2n) is 12.6. The first-order valence-electron chi connectivity index (χ1n) is 17.4. The van der Waals surface area contributed by atoms with Gasteiger partial charge in [0.15, 0.2) is 15.6 Å². The minimum Gasteiger partial charge on any atom is -0.504 e. The fourth-order valence-corrected chi connectivity index (χ4v) is 7.88. The summed E-state index contributed by atoms with van der Waals surface area (Å²) in [6, 6.07) is 16.0. The van der Waals surface area contributed by atoms with Crippen molar-refractivity contribution < 1.29 is 185 Å². The van der Waals surface area contributed by atoms with Crippen molar-refractivity contribution in [1.29, 1.82) is 0 Å². The number of azo groups is 2. The largest absolute Gasteiger partial charge is 1.00 e. The molecule has 1 radical (unpaired) electrons. The van der Waals surface area contributed by atoms with Crippen molar-refractivity contribution >= 4 is 98.7 Å². The van der Waals surface area contributed by atoms with Crippen LogP contribution in [0.3, 0.4) is 0 Å². The summed E-state index contributed by atoms with van der Waals surface area (Å²) in [5, 5.41) is 47.8. The van der Waals surface area contributed by atoms with Gasteiger partial charge in [-0.2, -0.15) is 72.8 Å². The van der Waals surface area contributed by atoms with Crippen LogP contribution in [0.4, 0.5) is 34.6 Å². The van der Waals surface area contributed by atoms with Gasteiger partial charge in [0.25, 0.3) is 20.2 Å². The number of nitrogens with one attached hydrogen (secondary N) is 1. The van der Waals surface area contributed by atoms with Crippen LogP contribution < -0.4 is 98.9 Å². The van der Waals surface area contributed by atoms with Crippen molar-refractivity contribution in [2.24, 2.45) is 20.5 Å². The Kier molecular flexibility index (Phi) is 24.9. The number of anilines is 4. The van der Waals surface area contributed by atoms with E-state index in [2.05, 4.69) is 44.9 Å². The fraction of sp³-hybridized carbons (Fsp3) is 0.118. The fourth-order valence-electron chi connectivity index (χ4n) is 5.17. The molecule has 0 saturated carbocycles. The monoisotopic (exact) mass is 1130 g/mol. The number of carbonyl (C=O) groups is 2. The number of aromatic nitrogens is 3. The zero-order chi connectivity index (χ0) is 47.9. The number of aliphatic carboxylic acids is 1. The summed E-state index contributed by atoms with van der Waals surface area (Å²) >= 11 is 6.20. The van der Waals surface area contributed by atoms with E-state index in [0.717, 1.165) is 29.2 Å². The first kappa shape index (κ1) is 63.8. The summed E-state index contributed by atoms with van der Waals surface area (Å²) in [5.41, 5.74) is -2.29. The van der Waals surface area contributed by atoms with Crippen LogP contribution in [0.1, 0.15) is 25.2 Å². The van der Waals surface area contributed by atoms with E-state index in [1.807, 2.05) is 0 Å². The number of phenolic OH excluding ortho intramolecular Hbond substituents is 1. The van der Waals surface area contributed by atoms with E-state index in [0.29, 0.717) is 18.2 Å². The number of benzene rings is 4. The average Bonchev–Trinajstić information content (AvgIpc) is 3.20. The predicted octanol–water partition coefficient (Wildman–Crippen LogP) is -3.99. The van der Waals surface area contributed by atoms with Gasteiger partial charge in [0.1, 0.15) is 11.4 Å². The van der Waals surface area contributed by atoms with E-state index < -0.39 is 144 Å². The van der Waals surface area contributed by atoms with Gasteiger partial charge in [0, 0.05) is 29.3 Å². The molecule has 1 heterocycles. The quantitative estimate of drug-likeness (QED) is 0.0128. The molecule has 0 amide bonds. The zero-order valence-corrected chi connectivity index (χ0v) is 46.4. The molecule has 0 atom stereocenters. The Bertz CT molecular complexity index is 3200. The average molecular weight is 1130 g/mol. The molecule has 5 aromatic rings. The van der Waals surface area contributed by atoms with E-state index >= 15 is 0 Å². The Morgan fingerprint density at radius 3 is 1.94 bits per heavy atom. The number of nitrogens with zero attached hydrogens (tertiary/aromatic N) is 8. The van der Waals surface area contributed by atoms with Crippen molar-refractivity contribution in [2.75, 3.05) is 29.1 Å². The Labute approximate surface area is 477 Å². The van der Waals surface area contributed by atoms with Gasteiger partial charge in [-0.1, -0.05) is 12.1 Å². The molecule has 0 spiro atoms. The van der Waals surface area contributed by atoms with Gasteiger partial charge in [-0.05, 0) is 60.1 Å². The number of carboxylic acid groups (broad SMARTS) is 2. The zero-order valence-electron chi connectivity index (χ0n) is 37.5. The van der Waals surface area contributed by atoms with Crippen LogP contribution in [-0.2, 0) is 66.5 Å². The third-order valence-electron chi connectivity index (χ3n) is 8.10. The van der Waals surface area contributed by atoms with Crippen molar-refractivity contribution in [2.45, 2.75) is 21.1 Å². The third-order valence-corrected chi connectivity index (χ3v) is 12.1. The predicted molar refractivity (Wildman–Crippen MR) is 225 cm³/mol. The van der Waals surface area contributed by atoms with Crippen LogP contribution in [0, 0.1) is 6.17 Å². The number of carboxylic acids is 2. The van der Waals surface area contributed by atoms with Gasteiger partial charge >= 0.3 is 114 Å². The van der Waals surface area contributed by atoms with Crippen LogP contribution in [0.2, 0.25) is 5.28 Å². The molecule has 7 N–H and O–H groups in total. The molecule has 0 aliphatic carbocycles. The molecular weight excluding hydrogens is 1100 g/mol. The molecule has 69 heavy (non-hydrogen) atoms. The van der Waals surface area contributed by atoms with Gasteiger partial charge < -0.3 is 25.5 Å². The van der Waals surface area contributed by atoms with Crippen molar-refractivity contribution in [3.63, 3.8) is 0 Å². The standard InChI is InChI=1S/C34H29ClN9O17S4.Cu.3Na/c35-32-37-33(39-34(38-32)44(12-11-28(45)46)20-7-4-8-21(15-20)62(50,51)14-13-61-65(58,59)60)36-26-17-23(64(55,56)57)18-27(29(26)47)41-43-30(19-5-2-1-3-6-19)42-40-25-16-22(63(52,53)54)9-10-24(25)31(48)49;;;;/h1-10,15-18,47H,11-14H2,(H,45,46)(H,48,49)(H,52,53,54)(H,55,56,57)(H,58,59,60)(H,36,37,38,39);;;;/q-1;;3*+1/p+2. The molecule has 355 valence electrons. The first-order chi connectivity index (χ1) is 30.3. The summed E-state index contributed by atoms with van der Waals surface area (Å²) in [7, 11) is -19.2. The smallest absolute Gasteiger partial charge is 0.504 e. The molecule has 4 aromatic carbocycles. The molecule has 0 aliphatic rings. The van der Waals surface area contributed by atoms with E-state index in [-0.39, 0.29) is 120 Å². The molecule has 0 saturated heterocycles. The number of hydrogen-bond donors (Lipinski definition) is 7. The summed E-state index contributed by atoms with van der Waals surface area (Å²) in [4.78, 5) is 34.6. The van der Waals surface area contributed by atoms with Crippen LogP contribution in [0.5, 0.6) is 5.75 Å². The summed E-state index contributed by atoms with van der Waals surface area (Å²) in [6.07, 6.45) is -1.04. The number of aromatic carboxylic acids is 1. The van der Waals surface area contributed by atoms with Gasteiger partial charge in [0.2, 0.25) is 17.2 Å². The number of phenols is 1. The van der Waals surface area contributed by atoms with E-state index in [1.165, 1.54) is 36.4 Å². The van der Waals surface area contributed by atoms with Gasteiger partial charge in [-0.3, -0.25) is 18.5 Å².